The van der Waals surface area contributed by atoms with Gasteiger partial charge in [0, 0.05) is 63.6 Å². The Hall–Kier alpha value is -3.71. The minimum Gasteiger partial charge on any atom is -0.392 e. The molecule has 1 aromatic heterocycles. The lowest BCUT2D eigenvalue weighted by molar-refractivity contribution is -0.253. The first kappa shape index (κ1) is 30.3. The van der Waals surface area contributed by atoms with Gasteiger partial charge < -0.3 is 19.5 Å². The molecule has 6 rings (SSSR count). The van der Waals surface area contributed by atoms with Crippen molar-refractivity contribution in [2.24, 2.45) is 0 Å². The van der Waals surface area contributed by atoms with Gasteiger partial charge in [0.2, 0.25) is 16.0 Å². The highest BCUT2D eigenvalue weighted by Gasteiger charge is 2.34. The van der Waals surface area contributed by atoms with E-state index in [1.165, 1.54) is 0 Å². The molecule has 10 nitrogen and oxygen atoms in total. The topological polar surface area (TPSA) is 117 Å². The van der Waals surface area contributed by atoms with E-state index in [2.05, 4.69) is 24.5 Å². The fraction of sp³-hybridized carbons (Fsp3) is 0.333. The summed E-state index contributed by atoms with van der Waals surface area (Å²) in [5.41, 5.74) is 3.59. The molecule has 0 spiro atoms. The number of aliphatic hydroxyl groups is 1. The van der Waals surface area contributed by atoms with Crippen LogP contribution >= 0.6 is 0 Å². The van der Waals surface area contributed by atoms with Crippen LogP contribution in [0, 0.1) is 0 Å². The van der Waals surface area contributed by atoms with Gasteiger partial charge in [-0.1, -0.05) is 66.7 Å². The first-order valence-corrected chi connectivity index (χ1v) is 16.3. The van der Waals surface area contributed by atoms with Crippen LogP contribution in [0.3, 0.4) is 0 Å². The molecule has 3 aromatic carbocycles. The maximum Gasteiger partial charge on any atom is 0.240 e. The van der Waals surface area contributed by atoms with Crippen molar-refractivity contribution in [1.82, 2.24) is 19.6 Å². The second kappa shape index (κ2) is 13.9. The summed E-state index contributed by atoms with van der Waals surface area (Å²) in [5.74, 6) is 0.761. The number of piperazine rings is 1. The number of hydrogen-bond donors (Lipinski definition) is 2. The highest BCUT2D eigenvalue weighted by molar-refractivity contribution is 7.89. The Kier molecular flexibility index (Phi) is 9.60. The summed E-state index contributed by atoms with van der Waals surface area (Å²) in [4.78, 5) is 13.6. The lowest BCUT2D eigenvalue weighted by Crippen LogP contribution is -2.50. The summed E-state index contributed by atoms with van der Waals surface area (Å²) in [6.07, 6.45) is 3.43. The van der Waals surface area contributed by atoms with Crippen LogP contribution in [-0.2, 0) is 32.6 Å². The fourth-order valence-electron chi connectivity index (χ4n) is 5.56. The Balaban J connectivity index is 1.12. The molecule has 0 amide bonds. The summed E-state index contributed by atoms with van der Waals surface area (Å²) in [7, 11) is -3.60. The van der Waals surface area contributed by atoms with Crippen molar-refractivity contribution in [3.63, 3.8) is 0 Å². The Morgan fingerprint density at radius 2 is 1.45 bits per heavy atom. The molecule has 11 heteroatoms. The molecule has 2 aliphatic heterocycles. The largest absolute Gasteiger partial charge is 0.392 e. The molecule has 0 unspecified atom stereocenters. The number of rotatable bonds is 10. The molecule has 3 atom stereocenters. The van der Waals surface area contributed by atoms with E-state index in [1.807, 2.05) is 54.6 Å². The summed E-state index contributed by atoms with van der Waals surface area (Å²) in [6.45, 7) is 4.39. The number of nitrogens with zero attached hydrogens (tertiary/aromatic N) is 4. The van der Waals surface area contributed by atoms with E-state index in [9.17, 15) is 13.5 Å². The lowest BCUT2D eigenvalue weighted by Gasteiger charge is -2.40. The number of aliphatic hydroxyl groups excluding tert-OH is 1. The molecule has 2 saturated heterocycles. The van der Waals surface area contributed by atoms with Gasteiger partial charge in [-0.15, -0.1) is 0 Å². The maximum absolute atomic E-state index is 12.6. The van der Waals surface area contributed by atoms with Crippen molar-refractivity contribution < 1.29 is 23.0 Å². The Morgan fingerprint density at radius 1 is 0.795 bits per heavy atom. The Morgan fingerprint density at radius 3 is 2.14 bits per heavy atom. The third-order valence-electron chi connectivity index (χ3n) is 8.06. The van der Waals surface area contributed by atoms with E-state index in [1.54, 1.807) is 42.7 Å². The van der Waals surface area contributed by atoms with Crippen LogP contribution in [0.4, 0.5) is 5.95 Å². The van der Waals surface area contributed by atoms with Gasteiger partial charge in [-0.05, 0) is 34.9 Å². The molecular formula is C33H37N5O5S. The summed E-state index contributed by atoms with van der Waals surface area (Å²) >= 11 is 0. The number of hydrogen-bond acceptors (Lipinski definition) is 9. The number of anilines is 1. The van der Waals surface area contributed by atoms with Crippen LogP contribution in [0.25, 0.3) is 0 Å². The average molecular weight is 616 g/mol. The van der Waals surface area contributed by atoms with E-state index in [-0.39, 0.29) is 30.3 Å². The van der Waals surface area contributed by atoms with Crippen LogP contribution in [0.15, 0.2) is 102 Å². The molecule has 230 valence electrons. The second-order valence-electron chi connectivity index (χ2n) is 11.1. The maximum atomic E-state index is 12.6. The normalized spacial score (nSPS) is 21.3. The predicted octanol–water partition coefficient (Wildman–Crippen LogP) is 3.82. The zero-order valence-electron chi connectivity index (χ0n) is 24.4. The van der Waals surface area contributed by atoms with Crippen molar-refractivity contribution in [1.29, 1.82) is 0 Å². The van der Waals surface area contributed by atoms with Crippen LogP contribution in [0.1, 0.15) is 41.1 Å². The molecule has 2 aliphatic rings. The van der Waals surface area contributed by atoms with Gasteiger partial charge in [-0.2, -0.15) is 0 Å². The molecule has 0 aliphatic carbocycles. The number of benzene rings is 3. The molecule has 0 saturated carbocycles. The molecular weight excluding hydrogens is 578 g/mol. The summed E-state index contributed by atoms with van der Waals surface area (Å²) in [5, 5.41) is 9.50. The van der Waals surface area contributed by atoms with Gasteiger partial charge in [0.05, 0.1) is 23.7 Å². The van der Waals surface area contributed by atoms with Gasteiger partial charge in [-0.25, -0.2) is 23.1 Å². The highest BCUT2D eigenvalue weighted by atomic mass is 32.2. The van der Waals surface area contributed by atoms with Crippen molar-refractivity contribution in [3.8, 4) is 0 Å². The summed E-state index contributed by atoms with van der Waals surface area (Å²) < 4.78 is 41.0. The number of aromatic nitrogens is 2. The molecule has 2 N–H and O–H groups in total. The third kappa shape index (κ3) is 7.49. The van der Waals surface area contributed by atoms with Gasteiger partial charge in [-0.3, -0.25) is 4.90 Å². The Labute approximate surface area is 258 Å². The number of sulfonamides is 1. The smallest absolute Gasteiger partial charge is 0.240 e. The molecule has 44 heavy (non-hydrogen) atoms. The van der Waals surface area contributed by atoms with Crippen molar-refractivity contribution in [2.45, 2.75) is 43.0 Å². The summed E-state index contributed by atoms with van der Waals surface area (Å²) in [6, 6.07) is 25.7. The lowest BCUT2D eigenvalue weighted by atomic mass is 9.99. The average Bonchev–Trinajstić information content (AvgIpc) is 3.09. The standard InChI is InChI=1S/C33H37N5O5S/c39-24-26-9-11-27(12-10-26)31-21-29(23-37-17-19-38(20-18-37)33-34-15-4-16-35-33)42-32(43-31)28-13-7-25(8-14-28)22-36-44(40,41)30-5-2-1-3-6-30/h1-16,29,31-32,36,39H,17-24H2/t29-,31+,32+/m0/s1. The van der Waals surface area contributed by atoms with Gasteiger partial charge in [0.1, 0.15) is 0 Å². The first-order chi connectivity index (χ1) is 21.5. The van der Waals surface area contributed by atoms with Crippen molar-refractivity contribution >= 4 is 16.0 Å². The van der Waals surface area contributed by atoms with Crippen LogP contribution in [-0.4, -0.2) is 67.2 Å². The van der Waals surface area contributed by atoms with E-state index >= 15 is 0 Å². The SMILES string of the molecule is O=S(=O)(NCc1ccc([C@@H]2O[C@H](CN3CCN(c4ncccn4)CC3)C[C@H](c3ccc(CO)cc3)O2)cc1)c1ccccc1. The van der Waals surface area contributed by atoms with Gasteiger partial charge >= 0.3 is 0 Å². The molecule has 0 bridgehead atoms. The molecule has 2 fully saturated rings. The van der Waals surface area contributed by atoms with Crippen LogP contribution < -0.4 is 9.62 Å². The zero-order chi connectivity index (χ0) is 30.4. The van der Waals surface area contributed by atoms with E-state index < -0.39 is 16.3 Å². The second-order valence-corrected chi connectivity index (χ2v) is 12.8. The minimum atomic E-state index is -3.60. The van der Waals surface area contributed by atoms with E-state index in [0.717, 1.165) is 60.9 Å². The van der Waals surface area contributed by atoms with E-state index in [0.29, 0.717) is 6.42 Å². The third-order valence-corrected chi connectivity index (χ3v) is 9.47. The van der Waals surface area contributed by atoms with Crippen LogP contribution in [0.2, 0.25) is 0 Å². The molecule has 0 radical (unpaired) electrons. The molecule has 3 heterocycles. The van der Waals surface area contributed by atoms with Crippen molar-refractivity contribution in [3.05, 3.63) is 120 Å². The first-order valence-electron chi connectivity index (χ1n) is 14.9. The monoisotopic (exact) mass is 615 g/mol. The number of nitrogens with one attached hydrogen (secondary N) is 1. The molecule has 4 aromatic rings. The zero-order valence-corrected chi connectivity index (χ0v) is 25.2. The van der Waals surface area contributed by atoms with Gasteiger partial charge in [0.25, 0.3) is 0 Å². The van der Waals surface area contributed by atoms with Crippen LogP contribution in [0.5, 0.6) is 0 Å². The van der Waals surface area contributed by atoms with Crippen molar-refractivity contribution in [2.75, 3.05) is 37.6 Å². The quantitative estimate of drug-likeness (QED) is 0.275. The van der Waals surface area contributed by atoms with Gasteiger partial charge in [0.15, 0.2) is 6.29 Å². The minimum absolute atomic E-state index is 0.00593. The highest BCUT2D eigenvalue weighted by Crippen LogP contribution is 2.38. The fourth-order valence-corrected chi connectivity index (χ4v) is 6.60. The van der Waals surface area contributed by atoms with E-state index in [4.69, 9.17) is 9.47 Å². The Bertz CT molecular complexity index is 1580. The number of ether oxygens (including phenoxy) is 2. The predicted molar refractivity (Wildman–Crippen MR) is 166 cm³/mol.